The topological polar surface area (TPSA) is 40.1 Å². The summed E-state index contributed by atoms with van der Waals surface area (Å²) in [6.07, 6.45) is 7.34. The van der Waals surface area contributed by atoms with Gasteiger partial charge in [-0.25, -0.2) is 0 Å². The third kappa shape index (κ3) is 3.90. The molecule has 0 aromatic heterocycles. The van der Waals surface area contributed by atoms with Crippen LogP contribution in [0.4, 0.5) is 0 Å². The van der Waals surface area contributed by atoms with E-state index in [0.717, 1.165) is 12.0 Å². The van der Waals surface area contributed by atoms with Gasteiger partial charge in [-0.3, -0.25) is 0 Å². The molecule has 2 heteroatoms. The largest absolute Gasteiger partial charge is 0.545 e. The number of benzene rings is 2. The van der Waals surface area contributed by atoms with Crippen LogP contribution in [0.3, 0.4) is 0 Å². The Morgan fingerprint density at radius 2 is 1.64 bits per heavy atom. The molecule has 0 aliphatic heterocycles. The third-order valence-corrected chi connectivity index (χ3v) is 4.75. The number of hydrogen-bond donors (Lipinski definition) is 0. The fourth-order valence-corrected chi connectivity index (χ4v) is 3.20. The number of rotatable bonds is 4. The summed E-state index contributed by atoms with van der Waals surface area (Å²) in [6, 6.07) is 15.8. The molecule has 0 N–H and O–H groups in total. The lowest BCUT2D eigenvalue weighted by atomic mass is 9.84. The molecule has 1 aliphatic carbocycles. The number of hydrogen-bond acceptors (Lipinski definition) is 2. The van der Waals surface area contributed by atoms with Gasteiger partial charge in [-0.2, -0.15) is 0 Å². The average Bonchev–Trinajstić information content (AvgIpc) is 3.03. The van der Waals surface area contributed by atoms with Gasteiger partial charge >= 0.3 is 0 Å². The maximum Gasteiger partial charge on any atom is 0.0715 e. The van der Waals surface area contributed by atoms with Gasteiger partial charge in [0, 0.05) is 5.92 Å². The fourth-order valence-electron chi connectivity index (χ4n) is 3.20. The van der Waals surface area contributed by atoms with Crippen LogP contribution in [0.5, 0.6) is 0 Å². The second kappa shape index (κ2) is 6.72. The molecule has 2 aromatic rings. The van der Waals surface area contributed by atoms with Crippen LogP contribution in [0.15, 0.2) is 66.8 Å². The van der Waals surface area contributed by atoms with Crippen LogP contribution < -0.4 is 5.11 Å². The summed E-state index contributed by atoms with van der Waals surface area (Å²) in [5.41, 5.74) is 5.38. The first-order valence-corrected chi connectivity index (χ1v) is 8.64. The van der Waals surface area contributed by atoms with Crippen molar-refractivity contribution in [3.63, 3.8) is 0 Å². The lowest BCUT2D eigenvalue weighted by molar-refractivity contribution is -0.255. The molecule has 0 spiro atoms. The van der Waals surface area contributed by atoms with E-state index < -0.39 is 5.97 Å². The fraction of sp³-hybridized carbons (Fsp3) is 0.261. The van der Waals surface area contributed by atoms with Crippen molar-refractivity contribution >= 4 is 11.5 Å². The Morgan fingerprint density at radius 3 is 2.20 bits per heavy atom. The standard InChI is InChI=1S/C23H24O2/c1-23(2,3)20-13-11-17(12-14-20)21-6-4-5-19(21)15-16-7-9-18(10-8-16)22(24)25/h4-14,19H,15H2,1-3H3,(H,24,25)/p-1. The molecule has 1 unspecified atom stereocenters. The monoisotopic (exact) mass is 331 g/mol. The van der Waals surface area contributed by atoms with E-state index in [9.17, 15) is 9.90 Å². The molecule has 0 amide bonds. The van der Waals surface area contributed by atoms with Crippen molar-refractivity contribution in [1.29, 1.82) is 0 Å². The Morgan fingerprint density at radius 1 is 1.00 bits per heavy atom. The van der Waals surface area contributed by atoms with Crippen LogP contribution in [0, 0.1) is 5.92 Å². The summed E-state index contributed by atoms with van der Waals surface area (Å²) in [5, 5.41) is 10.9. The molecule has 0 fully saturated rings. The molecule has 2 aromatic carbocycles. The molecule has 1 atom stereocenters. The zero-order valence-corrected chi connectivity index (χ0v) is 15.0. The Kier molecular flexibility index (Phi) is 4.63. The quantitative estimate of drug-likeness (QED) is 0.844. The van der Waals surface area contributed by atoms with Gasteiger partial charge in [0.05, 0.1) is 5.97 Å². The summed E-state index contributed by atoms with van der Waals surface area (Å²) in [5.74, 6) is -0.818. The minimum absolute atomic E-state index is 0.154. The lowest BCUT2D eigenvalue weighted by Gasteiger charge is -2.20. The Labute approximate surface area is 149 Å². The number of allylic oxidation sites excluding steroid dienone is 4. The van der Waals surface area contributed by atoms with Crippen molar-refractivity contribution in [2.75, 3.05) is 0 Å². The zero-order valence-electron chi connectivity index (χ0n) is 15.0. The molecule has 1 aliphatic rings. The molecule has 0 saturated heterocycles. The van der Waals surface area contributed by atoms with Gasteiger partial charge < -0.3 is 9.90 Å². The third-order valence-electron chi connectivity index (χ3n) is 4.75. The Hall–Kier alpha value is -2.61. The van der Waals surface area contributed by atoms with E-state index in [0.29, 0.717) is 5.92 Å². The molecule has 128 valence electrons. The molecule has 25 heavy (non-hydrogen) atoms. The molecule has 2 nitrogen and oxygen atoms in total. The van der Waals surface area contributed by atoms with Gasteiger partial charge in [0.25, 0.3) is 0 Å². The number of carbonyl (C=O) groups excluding carboxylic acids is 1. The van der Waals surface area contributed by atoms with Crippen LogP contribution in [0.1, 0.15) is 47.8 Å². The summed E-state index contributed by atoms with van der Waals surface area (Å²) < 4.78 is 0. The van der Waals surface area contributed by atoms with Crippen LogP contribution in [0.2, 0.25) is 0 Å². The van der Waals surface area contributed by atoms with E-state index in [1.165, 1.54) is 16.7 Å². The summed E-state index contributed by atoms with van der Waals surface area (Å²) >= 11 is 0. The van der Waals surface area contributed by atoms with Crippen molar-refractivity contribution < 1.29 is 9.90 Å². The van der Waals surface area contributed by atoms with Gasteiger partial charge in [0.1, 0.15) is 0 Å². The van der Waals surface area contributed by atoms with E-state index >= 15 is 0 Å². The molecule has 0 heterocycles. The van der Waals surface area contributed by atoms with E-state index in [4.69, 9.17) is 0 Å². The Bertz CT molecular complexity index is 816. The second-order valence-corrected chi connectivity index (χ2v) is 7.63. The van der Waals surface area contributed by atoms with E-state index in [2.05, 4.69) is 63.3 Å². The maximum atomic E-state index is 10.9. The summed E-state index contributed by atoms with van der Waals surface area (Å²) in [4.78, 5) is 10.9. The van der Waals surface area contributed by atoms with Crippen LogP contribution in [0.25, 0.3) is 5.57 Å². The minimum atomic E-state index is -1.13. The SMILES string of the molecule is CC(C)(C)c1ccc(C2=CC=CC2Cc2ccc(C(=O)[O-])cc2)cc1. The molecular weight excluding hydrogens is 308 g/mol. The van der Waals surface area contributed by atoms with Gasteiger partial charge in [-0.15, -0.1) is 0 Å². The highest BCUT2D eigenvalue weighted by Gasteiger charge is 2.18. The highest BCUT2D eigenvalue weighted by Crippen LogP contribution is 2.33. The number of carboxylic acids is 1. The number of carboxylic acid groups (broad SMARTS) is 1. The molecule has 0 radical (unpaired) electrons. The first-order chi connectivity index (χ1) is 11.8. The highest BCUT2D eigenvalue weighted by atomic mass is 16.4. The van der Waals surface area contributed by atoms with Crippen LogP contribution in [-0.4, -0.2) is 5.97 Å². The van der Waals surface area contributed by atoms with Crippen LogP contribution in [-0.2, 0) is 11.8 Å². The Balaban J connectivity index is 1.76. The number of carbonyl (C=O) groups is 1. The smallest absolute Gasteiger partial charge is 0.0715 e. The van der Waals surface area contributed by atoms with E-state index in [1.807, 2.05) is 12.1 Å². The zero-order chi connectivity index (χ0) is 18.0. The lowest BCUT2D eigenvalue weighted by Crippen LogP contribution is -2.22. The van der Waals surface area contributed by atoms with Crippen molar-refractivity contribution in [2.45, 2.75) is 32.6 Å². The van der Waals surface area contributed by atoms with Gasteiger partial charge in [-0.1, -0.05) is 87.5 Å². The molecule has 0 bridgehead atoms. The summed E-state index contributed by atoms with van der Waals surface area (Å²) in [7, 11) is 0. The van der Waals surface area contributed by atoms with E-state index in [-0.39, 0.29) is 11.0 Å². The van der Waals surface area contributed by atoms with Crippen molar-refractivity contribution in [3.05, 3.63) is 89.0 Å². The average molecular weight is 331 g/mol. The predicted octanol–water partition coefficient (Wildman–Crippen LogP) is 4.16. The van der Waals surface area contributed by atoms with Crippen molar-refractivity contribution in [3.8, 4) is 0 Å². The first kappa shape index (κ1) is 17.2. The van der Waals surface area contributed by atoms with Gasteiger partial charge in [-0.05, 0) is 39.7 Å². The first-order valence-electron chi connectivity index (χ1n) is 8.64. The highest BCUT2D eigenvalue weighted by molar-refractivity contribution is 5.85. The van der Waals surface area contributed by atoms with Gasteiger partial charge in [0.2, 0.25) is 0 Å². The molecule has 0 saturated carbocycles. The second-order valence-electron chi connectivity index (χ2n) is 7.63. The van der Waals surface area contributed by atoms with Crippen LogP contribution >= 0.6 is 0 Å². The normalized spacial score (nSPS) is 16.8. The summed E-state index contributed by atoms with van der Waals surface area (Å²) in [6.45, 7) is 6.66. The van der Waals surface area contributed by atoms with Crippen molar-refractivity contribution in [1.82, 2.24) is 0 Å². The molecular formula is C23H23O2-. The minimum Gasteiger partial charge on any atom is -0.545 e. The molecule has 3 rings (SSSR count). The van der Waals surface area contributed by atoms with Crippen molar-refractivity contribution in [2.24, 2.45) is 5.92 Å². The predicted molar refractivity (Wildman–Crippen MR) is 100 cm³/mol. The number of aromatic carboxylic acids is 1. The van der Waals surface area contributed by atoms with E-state index in [1.54, 1.807) is 12.1 Å². The maximum absolute atomic E-state index is 10.9. The van der Waals surface area contributed by atoms with Gasteiger partial charge in [0.15, 0.2) is 0 Å².